The van der Waals surface area contributed by atoms with Crippen molar-refractivity contribution in [2.24, 2.45) is 5.92 Å². The molecule has 9 heteroatoms. The molecule has 1 saturated heterocycles. The largest absolute Gasteiger partial charge is 0.459 e. The van der Waals surface area contributed by atoms with Crippen LogP contribution in [0.3, 0.4) is 0 Å². The van der Waals surface area contributed by atoms with E-state index in [-0.39, 0.29) is 29.0 Å². The minimum Gasteiger partial charge on any atom is -0.459 e. The normalized spacial score (nSPS) is 25.0. The number of thiazole rings is 1. The first kappa shape index (κ1) is 15.5. The molecule has 3 atom stereocenters. The molecule has 0 bridgehead atoms. The van der Waals surface area contributed by atoms with Crippen molar-refractivity contribution in [1.82, 2.24) is 14.5 Å². The van der Waals surface area contributed by atoms with Crippen molar-refractivity contribution in [2.45, 2.75) is 51.0 Å². The Morgan fingerprint density at radius 2 is 2.25 bits per heavy atom. The fourth-order valence-electron chi connectivity index (χ4n) is 3.27. The van der Waals surface area contributed by atoms with Gasteiger partial charge in [0, 0.05) is 6.92 Å². The van der Waals surface area contributed by atoms with Crippen molar-refractivity contribution < 1.29 is 14.3 Å². The van der Waals surface area contributed by atoms with Gasteiger partial charge in [-0.2, -0.15) is 4.98 Å². The smallest absolute Gasteiger partial charge is 0.311 e. The van der Waals surface area contributed by atoms with E-state index in [1.54, 1.807) is 6.20 Å². The maximum Gasteiger partial charge on any atom is 0.311 e. The van der Waals surface area contributed by atoms with Crippen LogP contribution in [0.15, 0.2) is 11.0 Å². The van der Waals surface area contributed by atoms with Gasteiger partial charge in [0.25, 0.3) is 0 Å². The van der Waals surface area contributed by atoms with Crippen LogP contribution in [0.1, 0.15) is 38.8 Å². The Labute approximate surface area is 141 Å². The Kier molecular flexibility index (Phi) is 3.76. The van der Waals surface area contributed by atoms with Crippen LogP contribution in [0.4, 0.5) is 5.95 Å². The van der Waals surface area contributed by atoms with E-state index < -0.39 is 6.23 Å². The first-order valence-corrected chi connectivity index (χ1v) is 8.81. The molecule has 2 aliphatic rings. The number of carbonyl (C=O) groups is 1. The van der Waals surface area contributed by atoms with Gasteiger partial charge in [-0.3, -0.25) is 14.2 Å². The fraction of sp³-hybridized carbons (Fsp3) is 0.600. The summed E-state index contributed by atoms with van der Waals surface area (Å²) in [5, 5.41) is 0. The van der Waals surface area contributed by atoms with Crippen molar-refractivity contribution >= 4 is 33.6 Å². The number of nitrogens with two attached hydrogens (primary N) is 1. The number of aromatic nitrogens is 3. The summed E-state index contributed by atoms with van der Waals surface area (Å²) in [6.45, 7) is 1.42. The van der Waals surface area contributed by atoms with Crippen LogP contribution in [0, 0.1) is 5.92 Å². The molecule has 0 amide bonds. The lowest BCUT2D eigenvalue weighted by Crippen LogP contribution is -2.33. The molecular weight excluding hydrogens is 332 g/mol. The van der Waals surface area contributed by atoms with Crippen LogP contribution < -0.4 is 10.6 Å². The van der Waals surface area contributed by atoms with Crippen LogP contribution >= 0.6 is 11.3 Å². The standard InChI is InChI=1S/C15H18N4O4S/c1-7(20)22-12(8-2-3-8)9-4-5-11(23-9)19-13-10(24-15(19)21)6-17-14(16)18-13/h6,8-9,11-12H,2-5H2,1H3,(H2,16,17,18). The van der Waals surface area contributed by atoms with Crippen molar-refractivity contribution in [2.75, 3.05) is 5.73 Å². The predicted octanol–water partition coefficient (Wildman–Crippen LogP) is 1.45. The third-order valence-electron chi connectivity index (χ3n) is 4.45. The molecule has 3 heterocycles. The van der Waals surface area contributed by atoms with Crippen LogP contribution in [0.25, 0.3) is 10.3 Å². The van der Waals surface area contributed by atoms with E-state index in [2.05, 4.69) is 9.97 Å². The average Bonchev–Trinajstić information content (AvgIpc) is 3.16. The van der Waals surface area contributed by atoms with E-state index >= 15 is 0 Å². The lowest BCUT2D eigenvalue weighted by molar-refractivity contribution is -0.158. The minimum absolute atomic E-state index is 0.124. The number of nitrogens with zero attached hydrogens (tertiary/aromatic N) is 3. The summed E-state index contributed by atoms with van der Waals surface area (Å²) in [5.41, 5.74) is 6.15. The van der Waals surface area contributed by atoms with Crippen LogP contribution in [0.5, 0.6) is 0 Å². The molecule has 2 fully saturated rings. The van der Waals surface area contributed by atoms with Gasteiger partial charge in [0.1, 0.15) is 12.3 Å². The number of anilines is 1. The van der Waals surface area contributed by atoms with Gasteiger partial charge in [0.15, 0.2) is 5.65 Å². The second kappa shape index (κ2) is 5.82. The van der Waals surface area contributed by atoms with E-state index in [9.17, 15) is 9.59 Å². The van der Waals surface area contributed by atoms with Crippen molar-refractivity contribution in [3.05, 3.63) is 15.9 Å². The van der Waals surface area contributed by atoms with Gasteiger partial charge in [-0.05, 0) is 31.6 Å². The van der Waals surface area contributed by atoms with Gasteiger partial charge in [-0.15, -0.1) is 0 Å². The van der Waals surface area contributed by atoms with E-state index in [1.807, 2.05) is 0 Å². The second-order valence-corrected chi connectivity index (χ2v) is 7.27. The molecule has 128 valence electrons. The highest BCUT2D eigenvalue weighted by Crippen LogP contribution is 2.42. The molecule has 2 N–H and O–H groups in total. The lowest BCUT2D eigenvalue weighted by Gasteiger charge is -2.23. The Morgan fingerprint density at radius 1 is 1.46 bits per heavy atom. The van der Waals surface area contributed by atoms with Gasteiger partial charge < -0.3 is 15.2 Å². The number of hydrogen-bond acceptors (Lipinski definition) is 8. The van der Waals surface area contributed by atoms with Crippen LogP contribution in [-0.4, -0.2) is 32.7 Å². The summed E-state index contributed by atoms with van der Waals surface area (Å²) in [6, 6.07) is 0. The highest BCUT2D eigenvalue weighted by Gasteiger charge is 2.43. The maximum absolute atomic E-state index is 12.3. The van der Waals surface area contributed by atoms with Crippen LogP contribution in [0.2, 0.25) is 0 Å². The molecule has 1 aliphatic heterocycles. The summed E-state index contributed by atoms with van der Waals surface area (Å²) >= 11 is 1.07. The Balaban J connectivity index is 1.61. The second-order valence-electron chi connectivity index (χ2n) is 6.27. The monoisotopic (exact) mass is 350 g/mol. The first-order chi connectivity index (χ1) is 11.5. The Morgan fingerprint density at radius 3 is 2.96 bits per heavy atom. The zero-order valence-corrected chi connectivity index (χ0v) is 14.0. The first-order valence-electron chi connectivity index (χ1n) is 7.99. The highest BCUT2D eigenvalue weighted by atomic mass is 32.1. The molecule has 8 nitrogen and oxygen atoms in total. The van der Waals surface area contributed by atoms with E-state index in [4.69, 9.17) is 15.2 Å². The summed E-state index contributed by atoms with van der Waals surface area (Å²) in [5.74, 6) is 0.198. The zero-order valence-electron chi connectivity index (χ0n) is 13.2. The quantitative estimate of drug-likeness (QED) is 0.831. The SMILES string of the molecule is CC(=O)OC(C1CC1)C1CCC(n2c(=O)sc3cnc(N)nc32)O1. The summed E-state index contributed by atoms with van der Waals surface area (Å²) in [7, 11) is 0. The topological polar surface area (TPSA) is 109 Å². The van der Waals surface area contributed by atoms with Gasteiger partial charge in [0.05, 0.1) is 17.0 Å². The van der Waals surface area contributed by atoms with Gasteiger partial charge >= 0.3 is 10.8 Å². The minimum atomic E-state index is -0.414. The number of fused-ring (bicyclic) bond motifs is 1. The van der Waals surface area contributed by atoms with Gasteiger partial charge in [-0.1, -0.05) is 11.3 Å². The number of rotatable bonds is 4. The molecule has 1 aliphatic carbocycles. The number of esters is 1. The molecule has 4 rings (SSSR count). The number of hydrogen-bond donors (Lipinski definition) is 1. The highest BCUT2D eigenvalue weighted by molar-refractivity contribution is 7.16. The maximum atomic E-state index is 12.3. The fourth-order valence-corrected chi connectivity index (χ4v) is 4.10. The number of carbonyl (C=O) groups excluding carboxylic acids is 1. The third-order valence-corrected chi connectivity index (χ3v) is 5.33. The Bertz CT molecular complexity index is 844. The van der Waals surface area contributed by atoms with E-state index in [1.165, 1.54) is 11.5 Å². The summed E-state index contributed by atoms with van der Waals surface area (Å²) in [4.78, 5) is 31.7. The summed E-state index contributed by atoms with van der Waals surface area (Å²) in [6.07, 6.45) is 4.23. The average molecular weight is 350 g/mol. The van der Waals surface area contributed by atoms with Gasteiger partial charge in [-0.25, -0.2) is 4.98 Å². The zero-order chi connectivity index (χ0) is 16.8. The molecule has 0 spiro atoms. The molecule has 3 unspecified atom stereocenters. The summed E-state index contributed by atoms with van der Waals surface area (Å²) < 4.78 is 13.8. The Hall–Kier alpha value is -2.00. The van der Waals surface area contributed by atoms with E-state index in [0.29, 0.717) is 22.7 Å². The number of ether oxygens (including phenoxy) is 2. The molecule has 2 aromatic heterocycles. The lowest BCUT2D eigenvalue weighted by atomic mass is 10.1. The number of nitrogen functional groups attached to an aromatic ring is 1. The van der Waals surface area contributed by atoms with Crippen molar-refractivity contribution in [3.8, 4) is 0 Å². The predicted molar refractivity (Wildman–Crippen MR) is 87.5 cm³/mol. The van der Waals surface area contributed by atoms with Crippen molar-refractivity contribution in [1.29, 1.82) is 0 Å². The molecule has 24 heavy (non-hydrogen) atoms. The van der Waals surface area contributed by atoms with Crippen LogP contribution in [-0.2, 0) is 14.3 Å². The molecule has 1 saturated carbocycles. The molecule has 0 aromatic carbocycles. The van der Waals surface area contributed by atoms with Crippen molar-refractivity contribution in [3.63, 3.8) is 0 Å². The molecular formula is C15H18N4O4S. The molecule has 2 aromatic rings. The third kappa shape index (κ3) is 2.78. The molecule has 0 radical (unpaired) electrons. The van der Waals surface area contributed by atoms with E-state index in [0.717, 1.165) is 30.6 Å². The van der Waals surface area contributed by atoms with Gasteiger partial charge in [0.2, 0.25) is 5.95 Å².